The Kier molecular flexibility index (Phi) is 10.8. The highest BCUT2D eigenvalue weighted by atomic mass is 16.6. The van der Waals surface area contributed by atoms with Crippen molar-refractivity contribution in [3.63, 3.8) is 0 Å². The molecule has 1 aromatic heterocycles. The molecule has 214 valence electrons. The van der Waals surface area contributed by atoms with E-state index < -0.39 is 47.8 Å². The normalized spacial score (nSPS) is 27.2. The van der Waals surface area contributed by atoms with Gasteiger partial charge < -0.3 is 25.2 Å². The number of ether oxygens (including phenoxy) is 2. The molecule has 0 aliphatic carbocycles. The molecular formula is C28H41N4O7+. The number of carboxylic acid groups (broad SMARTS) is 1. The summed E-state index contributed by atoms with van der Waals surface area (Å²) in [5.41, 5.74) is -0.742. The quantitative estimate of drug-likeness (QED) is 0.419. The van der Waals surface area contributed by atoms with Crippen LogP contribution in [0.2, 0.25) is 0 Å². The topological polar surface area (TPSA) is 148 Å². The van der Waals surface area contributed by atoms with Crippen molar-refractivity contribution >= 4 is 23.9 Å². The van der Waals surface area contributed by atoms with Crippen molar-refractivity contribution in [2.45, 2.75) is 102 Å². The molecule has 0 radical (unpaired) electrons. The Morgan fingerprint density at radius 2 is 1.87 bits per heavy atom. The fourth-order valence-corrected chi connectivity index (χ4v) is 4.85. The number of nitrogens with zero attached hydrogens (tertiary/aromatic N) is 1. The first-order valence-electron chi connectivity index (χ1n) is 13.7. The number of aliphatic carboxylic acids is 1. The van der Waals surface area contributed by atoms with E-state index in [9.17, 15) is 24.3 Å². The van der Waals surface area contributed by atoms with Gasteiger partial charge in [-0.05, 0) is 58.9 Å². The zero-order valence-electron chi connectivity index (χ0n) is 23.0. The lowest BCUT2D eigenvalue weighted by molar-refractivity contribution is -0.825. The van der Waals surface area contributed by atoms with Crippen LogP contribution in [0.3, 0.4) is 0 Å². The summed E-state index contributed by atoms with van der Waals surface area (Å²) >= 11 is 0. The number of nitrogens with one attached hydrogen (secondary N) is 3. The van der Waals surface area contributed by atoms with E-state index in [2.05, 4.69) is 15.6 Å². The molecule has 11 heteroatoms. The highest BCUT2D eigenvalue weighted by Crippen LogP contribution is 2.15. The van der Waals surface area contributed by atoms with Crippen molar-refractivity contribution in [1.29, 1.82) is 0 Å². The average molecular weight is 546 g/mol. The zero-order chi connectivity index (χ0) is 28.4. The van der Waals surface area contributed by atoms with Crippen molar-refractivity contribution in [3.05, 3.63) is 36.5 Å². The van der Waals surface area contributed by atoms with Crippen molar-refractivity contribution < 1.29 is 38.7 Å². The molecule has 1 saturated heterocycles. The van der Waals surface area contributed by atoms with E-state index in [1.54, 1.807) is 45.2 Å². The zero-order valence-corrected chi connectivity index (χ0v) is 23.0. The van der Waals surface area contributed by atoms with Crippen molar-refractivity contribution in [2.75, 3.05) is 6.54 Å². The smallest absolute Gasteiger partial charge is 0.408 e. The molecule has 1 aromatic rings. The molecule has 0 aromatic carbocycles. The van der Waals surface area contributed by atoms with Crippen LogP contribution >= 0.6 is 0 Å². The van der Waals surface area contributed by atoms with Crippen LogP contribution in [-0.4, -0.2) is 70.3 Å². The second-order valence-electron chi connectivity index (χ2n) is 11.1. The Balaban J connectivity index is 1.87. The van der Waals surface area contributed by atoms with Crippen LogP contribution in [0.4, 0.5) is 4.79 Å². The van der Waals surface area contributed by atoms with Crippen LogP contribution in [0.25, 0.3) is 0 Å². The van der Waals surface area contributed by atoms with Crippen LogP contribution < -0.4 is 20.3 Å². The summed E-state index contributed by atoms with van der Waals surface area (Å²) in [6, 6.07) is 2.37. The number of carboxylic acids is 1. The third-order valence-electron chi connectivity index (χ3n) is 6.70. The van der Waals surface area contributed by atoms with Gasteiger partial charge in [-0.1, -0.05) is 31.1 Å². The minimum atomic E-state index is -1.13. The third-order valence-corrected chi connectivity index (χ3v) is 6.70. The minimum absolute atomic E-state index is 0.167. The van der Waals surface area contributed by atoms with Gasteiger partial charge in [0.25, 0.3) is 5.91 Å². The molecule has 5 unspecified atom stereocenters. The Labute approximate surface area is 229 Å². The second-order valence-corrected chi connectivity index (χ2v) is 11.1. The molecule has 3 heterocycles. The summed E-state index contributed by atoms with van der Waals surface area (Å²) in [4.78, 5) is 56.3. The van der Waals surface area contributed by atoms with Gasteiger partial charge >= 0.3 is 18.0 Å². The van der Waals surface area contributed by atoms with E-state index in [-0.39, 0.29) is 25.3 Å². The number of quaternary nitrogens is 1. The first-order chi connectivity index (χ1) is 18.5. The Bertz CT molecular complexity index is 1020. The molecule has 2 aliphatic rings. The molecule has 3 rings (SSSR count). The standard InChI is InChI=1S/C28H40N4O7/c1-28(2,3)39-27(37)31-20-13-9-7-5-4-6-8-10-14-21(26(35)36)30-24(33)22-17-19(18-32(22)25(20)34)38-23-15-11-12-16-29-23/h6,8,11-12,15-16,19-22H,4-5,7,9-10,13-14,17-18H2,1-3H3,(H,30,33)(H,31,37)(H,35,36)/p+1. The van der Waals surface area contributed by atoms with Crippen LogP contribution in [0.5, 0.6) is 5.88 Å². The van der Waals surface area contributed by atoms with E-state index in [1.807, 2.05) is 12.2 Å². The van der Waals surface area contributed by atoms with Crippen LogP contribution in [0.15, 0.2) is 36.5 Å². The number of carbonyl (C=O) groups excluding carboxylic acids is 3. The van der Waals surface area contributed by atoms with Gasteiger partial charge in [-0.25, -0.2) is 19.4 Å². The fourth-order valence-electron chi connectivity index (χ4n) is 4.85. The molecule has 0 saturated carbocycles. The maximum absolute atomic E-state index is 13.9. The van der Waals surface area contributed by atoms with Gasteiger partial charge in [-0.3, -0.25) is 9.69 Å². The summed E-state index contributed by atoms with van der Waals surface area (Å²) in [6.45, 7) is 5.39. The summed E-state index contributed by atoms with van der Waals surface area (Å²) in [7, 11) is 0. The summed E-state index contributed by atoms with van der Waals surface area (Å²) in [6.07, 6.45) is 8.96. The van der Waals surface area contributed by atoms with Crippen LogP contribution in [-0.2, 0) is 19.1 Å². The third kappa shape index (κ3) is 9.65. The highest BCUT2D eigenvalue weighted by molar-refractivity contribution is 5.88. The van der Waals surface area contributed by atoms with E-state index in [0.717, 1.165) is 19.3 Å². The number of amides is 3. The monoisotopic (exact) mass is 545 g/mol. The minimum Gasteiger partial charge on any atom is -0.480 e. The summed E-state index contributed by atoms with van der Waals surface area (Å²) < 4.78 is 11.4. The molecule has 11 nitrogen and oxygen atoms in total. The van der Waals surface area contributed by atoms with Gasteiger partial charge in [-0.15, -0.1) is 0 Å². The highest BCUT2D eigenvalue weighted by Gasteiger charge is 2.48. The molecule has 0 spiro atoms. The number of allylic oxidation sites excluding steroid dienone is 2. The molecule has 1 fully saturated rings. The van der Waals surface area contributed by atoms with Crippen molar-refractivity contribution in [3.8, 4) is 5.88 Å². The lowest BCUT2D eigenvalue weighted by Gasteiger charge is -2.26. The number of aromatic nitrogens is 1. The first-order valence-corrected chi connectivity index (χ1v) is 13.7. The molecule has 2 aliphatic heterocycles. The molecule has 3 amide bonds. The summed E-state index contributed by atoms with van der Waals surface area (Å²) in [5, 5.41) is 15.1. The molecule has 39 heavy (non-hydrogen) atoms. The van der Waals surface area contributed by atoms with Gasteiger partial charge in [0.2, 0.25) is 5.88 Å². The van der Waals surface area contributed by atoms with Crippen LogP contribution in [0.1, 0.15) is 72.1 Å². The Morgan fingerprint density at radius 3 is 2.56 bits per heavy atom. The number of fused-ring (bicyclic) bond motifs is 1. The largest absolute Gasteiger partial charge is 0.480 e. The molecule has 5 atom stereocenters. The Morgan fingerprint density at radius 1 is 1.10 bits per heavy atom. The van der Waals surface area contributed by atoms with Crippen molar-refractivity contribution in [1.82, 2.24) is 15.6 Å². The number of hydrogen-bond donors (Lipinski definition) is 4. The summed E-state index contributed by atoms with van der Waals surface area (Å²) in [5.74, 6) is -1.65. The predicted octanol–water partition coefficient (Wildman–Crippen LogP) is 1.78. The number of alkyl carbamates (subject to hydrolysis) is 1. The molecular weight excluding hydrogens is 504 g/mol. The van der Waals surface area contributed by atoms with E-state index in [0.29, 0.717) is 30.0 Å². The predicted molar refractivity (Wildman–Crippen MR) is 142 cm³/mol. The SMILES string of the molecule is CC(C)(C)OC(=O)NC1CCCCCC=CCCC(C(=O)O)NC(=O)C2CC(Oc3ccccn3)C[NH+]2C1=O. The maximum atomic E-state index is 13.9. The van der Waals surface area contributed by atoms with E-state index in [4.69, 9.17) is 9.47 Å². The van der Waals surface area contributed by atoms with Crippen LogP contribution in [0, 0.1) is 0 Å². The molecule has 4 N–H and O–H groups in total. The number of hydrogen-bond acceptors (Lipinski definition) is 7. The average Bonchev–Trinajstić information content (AvgIpc) is 3.28. The number of pyridine rings is 1. The molecule has 0 bridgehead atoms. The second kappa shape index (κ2) is 14.1. The first kappa shape index (κ1) is 30.1. The van der Waals surface area contributed by atoms with Gasteiger partial charge in [0.1, 0.15) is 24.2 Å². The van der Waals surface area contributed by atoms with Crippen molar-refractivity contribution in [2.24, 2.45) is 0 Å². The lowest BCUT2D eigenvalue weighted by Crippen LogP contribution is -3.19. The van der Waals surface area contributed by atoms with Gasteiger partial charge in [-0.2, -0.15) is 0 Å². The lowest BCUT2D eigenvalue weighted by atomic mass is 10.0. The van der Waals surface area contributed by atoms with Gasteiger partial charge in [0.05, 0.1) is 6.42 Å². The Hall–Kier alpha value is -3.47. The van der Waals surface area contributed by atoms with E-state index in [1.165, 1.54) is 0 Å². The van der Waals surface area contributed by atoms with E-state index >= 15 is 0 Å². The fraction of sp³-hybridized carbons (Fsp3) is 0.607. The number of rotatable bonds is 4. The maximum Gasteiger partial charge on any atom is 0.408 e. The van der Waals surface area contributed by atoms with Gasteiger partial charge in [0, 0.05) is 12.3 Å². The number of carbonyl (C=O) groups is 4. The van der Waals surface area contributed by atoms with Gasteiger partial charge in [0.15, 0.2) is 12.1 Å².